The highest BCUT2D eigenvalue weighted by atomic mass is 32.2. The van der Waals surface area contributed by atoms with Crippen molar-refractivity contribution in [2.24, 2.45) is 0 Å². The second kappa shape index (κ2) is 7.32. The highest BCUT2D eigenvalue weighted by Gasteiger charge is 2.14. The summed E-state index contributed by atoms with van der Waals surface area (Å²) in [5.74, 6) is -0.132. The Labute approximate surface area is 113 Å². The van der Waals surface area contributed by atoms with E-state index in [-0.39, 0.29) is 16.3 Å². The first-order valence-electron chi connectivity index (χ1n) is 6.13. The Morgan fingerprint density at radius 3 is 2.74 bits per heavy atom. The fraction of sp³-hybridized carbons (Fsp3) is 0.500. The lowest BCUT2D eigenvalue weighted by molar-refractivity contribution is 0.133. The normalized spacial score (nSPS) is 11.6. The topological polar surface area (TPSA) is 102 Å². The van der Waals surface area contributed by atoms with Gasteiger partial charge >= 0.3 is 0 Å². The van der Waals surface area contributed by atoms with Crippen LogP contribution in [0.5, 0.6) is 5.75 Å². The summed E-state index contributed by atoms with van der Waals surface area (Å²) < 4.78 is 31.5. The average molecular weight is 288 g/mol. The third-order valence-electron chi connectivity index (χ3n) is 2.42. The predicted octanol–water partition coefficient (Wildman–Crippen LogP) is 1.07. The van der Waals surface area contributed by atoms with Gasteiger partial charge < -0.3 is 15.6 Å². The van der Waals surface area contributed by atoms with Gasteiger partial charge in [-0.15, -0.1) is 0 Å². The Morgan fingerprint density at radius 1 is 1.37 bits per heavy atom. The van der Waals surface area contributed by atoms with Crippen molar-refractivity contribution in [3.63, 3.8) is 0 Å². The fourth-order valence-electron chi connectivity index (χ4n) is 1.41. The van der Waals surface area contributed by atoms with Gasteiger partial charge in [0.1, 0.15) is 5.75 Å². The van der Waals surface area contributed by atoms with E-state index in [1.165, 1.54) is 18.2 Å². The largest absolute Gasteiger partial charge is 0.506 e. The van der Waals surface area contributed by atoms with Crippen LogP contribution in [-0.4, -0.2) is 33.3 Å². The molecule has 0 aliphatic heterocycles. The Bertz CT molecular complexity index is 502. The van der Waals surface area contributed by atoms with Crippen molar-refractivity contribution < 1.29 is 18.3 Å². The molecule has 1 aromatic rings. The zero-order chi connectivity index (χ0) is 14.3. The van der Waals surface area contributed by atoms with E-state index in [4.69, 9.17) is 10.5 Å². The van der Waals surface area contributed by atoms with Crippen LogP contribution in [0.4, 0.5) is 5.69 Å². The monoisotopic (exact) mass is 288 g/mol. The van der Waals surface area contributed by atoms with Crippen LogP contribution >= 0.6 is 0 Å². The number of benzene rings is 1. The standard InChI is InChI=1S/C12H20N2O4S/c1-2-7-18-8-3-6-14-19(16,17)10-4-5-12(15)11(13)9-10/h4-5,9,14-15H,2-3,6-8,13H2,1H3. The number of anilines is 1. The average Bonchev–Trinajstić information content (AvgIpc) is 2.36. The number of phenolic OH excluding ortho intramolecular Hbond substituents is 1. The molecule has 4 N–H and O–H groups in total. The van der Waals surface area contributed by atoms with Crippen molar-refractivity contribution in [1.82, 2.24) is 4.72 Å². The van der Waals surface area contributed by atoms with Gasteiger partial charge in [0.05, 0.1) is 10.6 Å². The molecule has 0 heterocycles. The number of hydrogen-bond acceptors (Lipinski definition) is 5. The minimum atomic E-state index is -3.59. The van der Waals surface area contributed by atoms with Crippen LogP contribution in [0.1, 0.15) is 19.8 Å². The van der Waals surface area contributed by atoms with Crippen LogP contribution < -0.4 is 10.5 Å². The zero-order valence-electron chi connectivity index (χ0n) is 10.9. The van der Waals surface area contributed by atoms with E-state index in [9.17, 15) is 13.5 Å². The summed E-state index contributed by atoms with van der Waals surface area (Å²) >= 11 is 0. The van der Waals surface area contributed by atoms with Crippen molar-refractivity contribution in [3.8, 4) is 5.75 Å². The van der Waals surface area contributed by atoms with Crippen LogP contribution in [0.3, 0.4) is 0 Å². The van der Waals surface area contributed by atoms with E-state index < -0.39 is 10.0 Å². The Hall–Kier alpha value is -1.31. The lowest BCUT2D eigenvalue weighted by Crippen LogP contribution is -2.25. The molecule has 0 atom stereocenters. The second-order valence-electron chi connectivity index (χ2n) is 4.08. The van der Waals surface area contributed by atoms with E-state index in [1.54, 1.807) is 0 Å². The molecule has 0 spiro atoms. The van der Waals surface area contributed by atoms with E-state index in [2.05, 4.69) is 4.72 Å². The summed E-state index contributed by atoms with van der Waals surface area (Å²) in [6.07, 6.45) is 1.55. The highest BCUT2D eigenvalue weighted by Crippen LogP contribution is 2.22. The molecule has 108 valence electrons. The molecule has 19 heavy (non-hydrogen) atoms. The molecule has 7 heteroatoms. The van der Waals surface area contributed by atoms with Gasteiger partial charge in [-0.25, -0.2) is 13.1 Å². The summed E-state index contributed by atoms with van der Waals surface area (Å²) in [5.41, 5.74) is 5.50. The number of aromatic hydroxyl groups is 1. The van der Waals surface area contributed by atoms with Gasteiger partial charge in [0.25, 0.3) is 0 Å². The highest BCUT2D eigenvalue weighted by molar-refractivity contribution is 7.89. The SMILES string of the molecule is CCCOCCCNS(=O)(=O)c1ccc(O)c(N)c1. The maximum absolute atomic E-state index is 11.9. The molecule has 0 saturated heterocycles. The lowest BCUT2D eigenvalue weighted by Gasteiger charge is -2.08. The fourth-order valence-corrected chi connectivity index (χ4v) is 2.52. The van der Waals surface area contributed by atoms with Crippen LogP contribution in [0, 0.1) is 0 Å². The number of rotatable bonds is 8. The third-order valence-corrected chi connectivity index (χ3v) is 3.87. The van der Waals surface area contributed by atoms with Crippen LogP contribution in [0.25, 0.3) is 0 Å². The molecule has 0 bridgehead atoms. The zero-order valence-corrected chi connectivity index (χ0v) is 11.7. The van der Waals surface area contributed by atoms with Gasteiger partial charge in [0.2, 0.25) is 10.0 Å². The maximum Gasteiger partial charge on any atom is 0.240 e. The first-order valence-corrected chi connectivity index (χ1v) is 7.61. The quantitative estimate of drug-likeness (QED) is 0.377. The van der Waals surface area contributed by atoms with Crippen LogP contribution in [0.2, 0.25) is 0 Å². The Kier molecular flexibility index (Phi) is 6.07. The third kappa shape index (κ3) is 5.06. The first-order chi connectivity index (χ1) is 8.97. The van der Waals surface area contributed by atoms with Gasteiger partial charge in [-0.05, 0) is 31.0 Å². The number of nitrogens with two attached hydrogens (primary N) is 1. The van der Waals surface area contributed by atoms with Gasteiger partial charge in [-0.1, -0.05) is 6.92 Å². The molecule has 6 nitrogen and oxygen atoms in total. The van der Waals surface area contributed by atoms with Crippen molar-refractivity contribution in [1.29, 1.82) is 0 Å². The smallest absolute Gasteiger partial charge is 0.240 e. The molecule has 0 radical (unpaired) electrons. The van der Waals surface area contributed by atoms with Gasteiger partial charge in [0.15, 0.2) is 0 Å². The van der Waals surface area contributed by atoms with Crippen LogP contribution in [0.15, 0.2) is 23.1 Å². The van der Waals surface area contributed by atoms with E-state index >= 15 is 0 Å². The maximum atomic E-state index is 11.9. The first kappa shape index (κ1) is 15.7. The molecule has 0 aliphatic rings. The van der Waals surface area contributed by atoms with E-state index in [0.717, 1.165) is 6.42 Å². The molecule has 1 rings (SSSR count). The number of nitrogens with one attached hydrogen (secondary N) is 1. The number of ether oxygens (including phenoxy) is 1. The number of nitrogen functional groups attached to an aromatic ring is 1. The second-order valence-corrected chi connectivity index (χ2v) is 5.85. The molecule has 0 amide bonds. The van der Waals surface area contributed by atoms with Gasteiger partial charge in [0, 0.05) is 19.8 Å². The lowest BCUT2D eigenvalue weighted by atomic mass is 10.3. The molecule has 0 aliphatic carbocycles. The summed E-state index contributed by atoms with van der Waals surface area (Å²) in [7, 11) is -3.59. The minimum absolute atomic E-state index is 0.0363. The van der Waals surface area contributed by atoms with Crippen molar-refractivity contribution in [3.05, 3.63) is 18.2 Å². The predicted molar refractivity (Wildman–Crippen MR) is 73.4 cm³/mol. The molecule has 0 unspecified atom stereocenters. The summed E-state index contributed by atoms with van der Waals surface area (Å²) in [6.45, 7) is 3.51. The molecule has 0 saturated carbocycles. The minimum Gasteiger partial charge on any atom is -0.506 e. The van der Waals surface area contributed by atoms with Crippen molar-refractivity contribution in [2.45, 2.75) is 24.7 Å². The molecule has 1 aromatic carbocycles. The summed E-state index contributed by atoms with van der Waals surface area (Å²) in [6, 6.07) is 3.79. The number of phenols is 1. The van der Waals surface area contributed by atoms with E-state index in [0.29, 0.717) is 26.2 Å². The van der Waals surface area contributed by atoms with Crippen molar-refractivity contribution >= 4 is 15.7 Å². The number of sulfonamides is 1. The van der Waals surface area contributed by atoms with Gasteiger partial charge in [-0.3, -0.25) is 0 Å². The summed E-state index contributed by atoms with van der Waals surface area (Å²) in [5, 5.41) is 9.25. The molecule has 0 fully saturated rings. The van der Waals surface area contributed by atoms with Gasteiger partial charge in [-0.2, -0.15) is 0 Å². The van der Waals surface area contributed by atoms with Crippen LogP contribution in [-0.2, 0) is 14.8 Å². The molecular weight excluding hydrogens is 268 g/mol. The van der Waals surface area contributed by atoms with E-state index in [1.807, 2.05) is 6.92 Å². The molecule has 0 aromatic heterocycles. The summed E-state index contributed by atoms with van der Waals surface area (Å²) in [4.78, 5) is 0.0391. The molecular formula is C12H20N2O4S. The Balaban J connectivity index is 2.49. The van der Waals surface area contributed by atoms with Crippen molar-refractivity contribution in [2.75, 3.05) is 25.5 Å². The number of hydrogen-bond donors (Lipinski definition) is 3. The Morgan fingerprint density at radius 2 is 2.11 bits per heavy atom.